The first-order valence-corrected chi connectivity index (χ1v) is 10.5. The zero-order valence-corrected chi connectivity index (χ0v) is 16.4. The molecular formula is C18H29N3O3S. The molecule has 1 aromatic rings. The van der Waals surface area contributed by atoms with E-state index in [0.717, 1.165) is 0 Å². The number of carbonyl (C=O) groups excluding carboxylic acids is 1. The van der Waals surface area contributed by atoms with Gasteiger partial charge in [0, 0.05) is 38.1 Å². The number of rotatable bonds is 4. The van der Waals surface area contributed by atoms with Gasteiger partial charge in [-0.15, -0.1) is 0 Å². The Labute approximate surface area is 151 Å². The summed E-state index contributed by atoms with van der Waals surface area (Å²) in [6, 6.07) is 8.18. The van der Waals surface area contributed by atoms with Crippen molar-refractivity contribution in [3.05, 3.63) is 35.4 Å². The average Bonchev–Trinajstić information content (AvgIpc) is 2.78. The Hall–Kier alpha value is -1.60. The molecule has 0 aromatic heterocycles. The minimum absolute atomic E-state index is 0.129. The number of benzene rings is 1. The molecule has 1 aliphatic rings. The third kappa shape index (κ3) is 5.44. The van der Waals surface area contributed by atoms with E-state index in [1.807, 2.05) is 6.07 Å². The second-order valence-corrected chi connectivity index (χ2v) is 9.40. The van der Waals surface area contributed by atoms with Gasteiger partial charge >= 0.3 is 6.03 Å². The molecule has 2 amide bonds. The van der Waals surface area contributed by atoms with E-state index in [1.54, 1.807) is 4.90 Å². The lowest BCUT2D eigenvalue weighted by atomic mass is 9.84. The highest BCUT2D eigenvalue weighted by molar-refractivity contribution is 7.88. The van der Waals surface area contributed by atoms with Gasteiger partial charge in [-0.2, -0.15) is 0 Å². The number of hydrogen-bond acceptors (Lipinski definition) is 3. The number of aryl methyl sites for hydroxylation is 1. The van der Waals surface area contributed by atoms with Crippen molar-refractivity contribution in [2.24, 2.45) is 0 Å². The molecule has 1 N–H and O–H groups in total. The van der Waals surface area contributed by atoms with E-state index in [4.69, 9.17) is 0 Å². The maximum absolute atomic E-state index is 12.5. The van der Waals surface area contributed by atoms with E-state index in [9.17, 15) is 13.2 Å². The summed E-state index contributed by atoms with van der Waals surface area (Å²) in [4.78, 5) is 14.2. The van der Waals surface area contributed by atoms with Crippen LogP contribution in [0.3, 0.4) is 0 Å². The van der Waals surface area contributed by atoms with Crippen molar-refractivity contribution in [2.75, 3.05) is 39.0 Å². The van der Waals surface area contributed by atoms with Crippen LogP contribution >= 0.6 is 0 Å². The normalized spacial score (nSPS) is 17.2. The van der Waals surface area contributed by atoms with Gasteiger partial charge in [0.2, 0.25) is 10.0 Å². The topological polar surface area (TPSA) is 69.7 Å². The van der Waals surface area contributed by atoms with Gasteiger partial charge < -0.3 is 10.2 Å². The van der Waals surface area contributed by atoms with Crippen LogP contribution in [0, 0.1) is 6.92 Å². The minimum atomic E-state index is -3.20. The fourth-order valence-electron chi connectivity index (χ4n) is 3.00. The van der Waals surface area contributed by atoms with Gasteiger partial charge in [-0.05, 0) is 18.9 Å². The SMILES string of the molecule is Cc1cccc(C(C)(C)CNC(=O)N2CCCN(S(C)(=O)=O)CC2)c1. The van der Waals surface area contributed by atoms with Gasteiger partial charge in [0.1, 0.15) is 0 Å². The van der Waals surface area contributed by atoms with Crippen LogP contribution in [-0.4, -0.2) is 62.6 Å². The summed E-state index contributed by atoms with van der Waals surface area (Å²) in [6.45, 7) is 8.62. The quantitative estimate of drug-likeness (QED) is 0.884. The van der Waals surface area contributed by atoms with Crippen LogP contribution in [-0.2, 0) is 15.4 Å². The summed E-state index contributed by atoms with van der Waals surface area (Å²) in [7, 11) is -3.20. The van der Waals surface area contributed by atoms with Crippen LogP contribution in [0.5, 0.6) is 0 Å². The van der Waals surface area contributed by atoms with Crippen LogP contribution in [0.15, 0.2) is 24.3 Å². The average molecular weight is 368 g/mol. The van der Waals surface area contributed by atoms with E-state index >= 15 is 0 Å². The van der Waals surface area contributed by atoms with Gasteiger partial charge in [0.25, 0.3) is 0 Å². The summed E-state index contributed by atoms with van der Waals surface area (Å²) in [5, 5.41) is 3.01. The summed E-state index contributed by atoms with van der Waals surface area (Å²) in [5.41, 5.74) is 2.21. The number of amides is 2. The predicted molar refractivity (Wildman–Crippen MR) is 100 cm³/mol. The predicted octanol–water partition coefficient (Wildman–Crippen LogP) is 1.95. The molecular weight excluding hydrogens is 338 g/mol. The summed E-state index contributed by atoms with van der Waals surface area (Å²) in [6.07, 6.45) is 1.87. The Morgan fingerprint density at radius 1 is 1.20 bits per heavy atom. The molecule has 7 heteroatoms. The molecule has 0 unspecified atom stereocenters. The second kappa shape index (κ2) is 7.74. The Balaban J connectivity index is 1.93. The number of sulfonamides is 1. The molecule has 2 rings (SSSR count). The lowest BCUT2D eigenvalue weighted by Crippen LogP contribution is -2.46. The van der Waals surface area contributed by atoms with Crippen LogP contribution < -0.4 is 5.32 Å². The van der Waals surface area contributed by atoms with Gasteiger partial charge in [-0.1, -0.05) is 43.7 Å². The molecule has 6 nitrogen and oxygen atoms in total. The van der Waals surface area contributed by atoms with Gasteiger partial charge in [0.05, 0.1) is 6.26 Å². The Morgan fingerprint density at radius 3 is 2.56 bits per heavy atom. The van der Waals surface area contributed by atoms with Crippen LogP contribution in [0.1, 0.15) is 31.4 Å². The second-order valence-electron chi connectivity index (χ2n) is 7.41. The lowest BCUT2D eigenvalue weighted by Gasteiger charge is -2.28. The van der Waals surface area contributed by atoms with E-state index in [2.05, 4.69) is 44.3 Å². The smallest absolute Gasteiger partial charge is 0.317 e. The molecule has 25 heavy (non-hydrogen) atoms. The van der Waals surface area contributed by atoms with E-state index in [-0.39, 0.29) is 11.4 Å². The maximum Gasteiger partial charge on any atom is 0.317 e. The molecule has 0 aliphatic carbocycles. The first-order valence-electron chi connectivity index (χ1n) is 8.65. The van der Waals surface area contributed by atoms with E-state index < -0.39 is 10.0 Å². The standard InChI is InChI=1S/C18H29N3O3S/c1-15-7-5-8-16(13-15)18(2,3)14-19-17(22)20-9-6-10-21(12-11-20)25(4,23)24/h5,7-8,13H,6,9-12,14H2,1-4H3,(H,19,22). The summed E-state index contributed by atoms with van der Waals surface area (Å²) >= 11 is 0. The number of hydrogen-bond donors (Lipinski definition) is 1. The molecule has 1 aliphatic heterocycles. The minimum Gasteiger partial charge on any atom is -0.337 e. The van der Waals surface area contributed by atoms with Crippen molar-refractivity contribution < 1.29 is 13.2 Å². The molecule has 1 heterocycles. The number of urea groups is 1. The van der Waals surface area contributed by atoms with Crippen molar-refractivity contribution in [2.45, 2.75) is 32.6 Å². The van der Waals surface area contributed by atoms with Gasteiger partial charge in [-0.25, -0.2) is 17.5 Å². The van der Waals surface area contributed by atoms with Gasteiger partial charge in [0.15, 0.2) is 0 Å². The largest absolute Gasteiger partial charge is 0.337 e. The molecule has 140 valence electrons. The van der Waals surface area contributed by atoms with E-state index in [0.29, 0.717) is 39.1 Å². The Morgan fingerprint density at radius 2 is 1.92 bits per heavy atom. The third-order valence-electron chi connectivity index (χ3n) is 4.69. The van der Waals surface area contributed by atoms with Gasteiger partial charge in [-0.3, -0.25) is 0 Å². The first kappa shape index (κ1) is 19.7. The molecule has 1 fully saturated rings. The van der Waals surface area contributed by atoms with Crippen molar-refractivity contribution in [3.8, 4) is 0 Å². The van der Waals surface area contributed by atoms with Crippen molar-refractivity contribution in [3.63, 3.8) is 0 Å². The molecule has 0 bridgehead atoms. The first-order chi connectivity index (χ1) is 11.6. The summed E-state index contributed by atoms with van der Waals surface area (Å²) < 4.78 is 24.8. The number of nitrogens with zero attached hydrogens (tertiary/aromatic N) is 2. The maximum atomic E-state index is 12.5. The lowest BCUT2D eigenvalue weighted by molar-refractivity contribution is 0.198. The zero-order valence-electron chi connectivity index (χ0n) is 15.6. The number of carbonyl (C=O) groups is 1. The van der Waals surface area contributed by atoms with Crippen LogP contribution in [0.4, 0.5) is 4.79 Å². The fourth-order valence-corrected chi connectivity index (χ4v) is 3.88. The number of nitrogens with one attached hydrogen (secondary N) is 1. The zero-order chi connectivity index (χ0) is 18.7. The Bertz CT molecular complexity index is 716. The van der Waals surface area contributed by atoms with E-state index in [1.165, 1.54) is 21.7 Å². The summed E-state index contributed by atoms with van der Waals surface area (Å²) in [5.74, 6) is 0. The molecule has 1 aromatic carbocycles. The van der Waals surface area contributed by atoms with Crippen LogP contribution in [0.2, 0.25) is 0 Å². The van der Waals surface area contributed by atoms with Crippen molar-refractivity contribution in [1.29, 1.82) is 0 Å². The third-order valence-corrected chi connectivity index (χ3v) is 6.00. The molecule has 0 saturated carbocycles. The Kier molecular flexibility index (Phi) is 6.11. The van der Waals surface area contributed by atoms with Crippen molar-refractivity contribution in [1.82, 2.24) is 14.5 Å². The highest BCUT2D eigenvalue weighted by Gasteiger charge is 2.26. The van der Waals surface area contributed by atoms with Crippen LogP contribution in [0.25, 0.3) is 0 Å². The van der Waals surface area contributed by atoms with Crippen molar-refractivity contribution >= 4 is 16.1 Å². The highest BCUT2D eigenvalue weighted by Crippen LogP contribution is 2.23. The monoisotopic (exact) mass is 367 g/mol. The fraction of sp³-hybridized carbons (Fsp3) is 0.611. The molecule has 0 spiro atoms. The molecule has 0 atom stereocenters. The highest BCUT2D eigenvalue weighted by atomic mass is 32.2. The molecule has 0 radical (unpaired) electrons. The molecule has 1 saturated heterocycles.